The summed E-state index contributed by atoms with van der Waals surface area (Å²) in [5.41, 5.74) is 2.58. The van der Waals surface area contributed by atoms with Gasteiger partial charge in [0.05, 0.1) is 16.8 Å². The van der Waals surface area contributed by atoms with Gasteiger partial charge in [-0.3, -0.25) is 19.0 Å². The lowest BCUT2D eigenvalue weighted by molar-refractivity contribution is -0.113. The second kappa shape index (κ2) is 8.70. The maximum absolute atomic E-state index is 13.9. The number of hydrogen-bond acceptors (Lipinski definition) is 6. The van der Waals surface area contributed by atoms with Crippen LogP contribution in [0.3, 0.4) is 0 Å². The molecule has 2 aliphatic rings. The summed E-state index contributed by atoms with van der Waals surface area (Å²) in [6, 6.07) is 17.3. The van der Waals surface area contributed by atoms with Gasteiger partial charge < -0.3 is 10.6 Å². The van der Waals surface area contributed by atoms with Gasteiger partial charge >= 0.3 is 0 Å². The van der Waals surface area contributed by atoms with Crippen LogP contribution in [0.15, 0.2) is 87.1 Å². The largest absolute Gasteiger partial charge is 0.322 e. The molecule has 2 aromatic carbocycles. The van der Waals surface area contributed by atoms with Gasteiger partial charge in [-0.25, -0.2) is 4.99 Å². The summed E-state index contributed by atoms with van der Waals surface area (Å²) in [6.07, 6.45) is 0. The summed E-state index contributed by atoms with van der Waals surface area (Å²) in [5, 5.41) is 8.09. The van der Waals surface area contributed by atoms with Crippen LogP contribution < -0.4 is 25.5 Å². The van der Waals surface area contributed by atoms with Crippen molar-refractivity contribution in [2.24, 2.45) is 4.99 Å². The van der Waals surface area contributed by atoms with Crippen molar-refractivity contribution in [1.82, 2.24) is 4.57 Å². The summed E-state index contributed by atoms with van der Waals surface area (Å²) < 4.78 is 1.77. The molecule has 7 nitrogen and oxygen atoms in total. The van der Waals surface area contributed by atoms with E-state index in [1.807, 2.05) is 35.7 Å². The molecule has 0 fully saturated rings. The van der Waals surface area contributed by atoms with Crippen LogP contribution in [-0.2, 0) is 9.59 Å². The minimum Gasteiger partial charge on any atom is -0.322 e. The molecule has 178 valence electrons. The number of rotatable bonds is 3. The Morgan fingerprint density at radius 2 is 1.92 bits per heavy atom. The number of para-hydroxylation sites is 1. The summed E-state index contributed by atoms with van der Waals surface area (Å²) in [6.45, 7) is 1.76. The molecule has 0 radical (unpaired) electrons. The summed E-state index contributed by atoms with van der Waals surface area (Å²) >= 11 is 8.78. The zero-order chi connectivity index (χ0) is 25.0. The number of nitrogens with one attached hydrogen (secondary N) is 2. The van der Waals surface area contributed by atoms with Crippen LogP contribution in [0.4, 0.5) is 11.4 Å². The normalized spacial score (nSPS) is 17.8. The lowest BCUT2D eigenvalue weighted by atomic mass is 10.0. The minimum atomic E-state index is -0.678. The van der Waals surface area contributed by atoms with E-state index in [1.165, 1.54) is 15.9 Å². The van der Waals surface area contributed by atoms with Crippen LogP contribution >= 0.6 is 34.3 Å². The van der Waals surface area contributed by atoms with Crippen LogP contribution in [-0.4, -0.2) is 16.4 Å². The topological polar surface area (TPSA) is 92.6 Å². The number of thiazole rings is 1. The van der Waals surface area contributed by atoms with E-state index in [2.05, 4.69) is 15.6 Å². The van der Waals surface area contributed by atoms with Gasteiger partial charge in [0.25, 0.3) is 17.4 Å². The third-order valence-electron chi connectivity index (χ3n) is 6.04. The van der Waals surface area contributed by atoms with Crippen molar-refractivity contribution in [1.29, 1.82) is 0 Å². The van der Waals surface area contributed by atoms with Crippen molar-refractivity contribution >= 4 is 63.0 Å². The summed E-state index contributed by atoms with van der Waals surface area (Å²) in [5.74, 6) is -0.711. The monoisotopic (exact) mass is 532 g/mol. The van der Waals surface area contributed by atoms with Crippen molar-refractivity contribution in [3.8, 4) is 0 Å². The number of carbonyl (C=O) groups excluding carboxylic acids is 2. The fourth-order valence-corrected chi connectivity index (χ4v) is 6.60. The number of anilines is 2. The molecule has 10 heteroatoms. The summed E-state index contributed by atoms with van der Waals surface area (Å²) in [7, 11) is 0. The van der Waals surface area contributed by atoms with E-state index >= 15 is 0 Å². The average molecular weight is 533 g/mol. The van der Waals surface area contributed by atoms with E-state index in [-0.39, 0.29) is 27.5 Å². The van der Waals surface area contributed by atoms with Gasteiger partial charge in [-0.2, -0.15) is 0 Å². The first-order valence-electron chi connectivity index (χ1n) is 11.0. The molecule has 0 spiro atoms. The number of nitrogens with zero attached hydrogens (tertiary/aromatic N) is 2. The van der Waals surface area contributed by atoms with Crippen molar-refractivity contribution in [2.75, 3.05) is 10.6 Å². The molecule has 0 aliphatic carbocycles. The highest BCUT2D eigenvalue weighted by Crippen LogP contribution is 2.34. The molecule has 4 aromatic rings. The zero-order valence-electron chi connectivity index (χ0n) is 18.7. The molecule has 36 heavy (non-hydrogen) atoms. The summed E-state index contributed by atoms with van der Waals surface area (Å²) in [4.78, 5) is 46.2. The Balaban J connectivity index is 1.57. The fourth-order valence-electron chi connectivity index (χ4n) is 4.46. The van der Waals surface area contributed by atoms with Crippen molar-refractivity contribution < 1.29 is 9.59 Å². The van der Waals surface area contributed by atoms with E-state index in [0.29, 0.717) is 38.0 Å². The quantitative estimate of drug-likeness (QED) is 0.419. The maximum Gasteiger partial charge on any atom is 0.272 e. The first-order chi connectivity index (χ1) is 17.4. The number of thiophene rings is 1. The van der Waals surface area contributed by atoms with Crippen LogP contribution in [0.2, 0.25) is 5.02 Å². The van der Waals surface area contributed by atoms with Gasteiger partial charge in [-0.15, -0.1) is 11.3 Å². The molecule has 2 aromatic heterocycles. The number of halogens is 1. The molecule has 0 bridgehead atoms. The Morgan fingerprint density at radius 3 is 2.67 bits per heavy atom. The van der Waals surface area contributed by atoms with Gasteiger partial charge in [-0.1, -0.05) is 47.2 Å². The first-order valence-corrected chi connectivity index (χ1v) is 13.1. The minimum absolute atomic E-state index is 0.256. The van der Waals surface area contributed by atoms with Gasteiger partial charge in [0, 0.05) is 26.8 Å². The second-order valence-corrected chi connectivity index (χ2v) is 10.7. The number of benzene rings is 2. The van der Waals surface area contributed by atoms with Gasteiger partial charge in [0.2, 0.25) is 0 Å². The Kier molecular flexibility index (Phi) is 5.48. The van der Waals surface area contributed by atoms with Crippen LogP contribution in [0.1, 0.15) is 23.4 Å². The molecule has 2 N–H and O–H groups in total. The van der Waals surface area contributed by atoms with Crippen LogP contribution in [0.5, 0.6) is 0 Å². The number of allylic oxidation sites excluding steroid dienone is 1. The maximum atomic E-state index is 13.9. The first kappa shape index (κ1) is 22.7. The Hall–Kier alpha value is -3.79. The predicted molar refractivity (Wildman–Crippen MR) is 142 cm³/mol. The Labute approximate surface area is 217 Å². The number of hydrogen-bond donors (Lipinski definition) is 2. The number of amides is 2. The number of carbonyl (C=O) groups is 2. The van der Waals surface area contributed by atoms with Crippen molar-refractivity contribution in [2.45, 2.75) is 13.0 Å². The zero-order valence-corrected chi connectivity index (χ0v) is 21.1. The Bertz CT molecular complexity index is 1770. The third kappa shape index (κ3) is 3.63. The van der Waals surface area contributed by atoms with E-state index in [4.69, 9.17) is 11.6 Å². The number of fused-ring (bicyclic) bond motifs is 2. The molecular weight excluding hydrogens is 516 g/mol. The number of aromatic nitrogens is 1. The molecule has 0 saturated heterocycles. The molecule has 0 saturated carbocycles. The molecule has 6 rings (SSSR count). The van der Waals surface area contributed by atoms with E-state index in [0.717, 1.165) is 16.2 Å². The van der Waals surface area contributed by atoms with Crippen LogP contribution in [0, 0.1) is 0 Å². The van der Waals surface area contributed by atoms with E-state index < -0.39 is 6.04 Å². The fraction of sp³-hybridized carbons (Fsp3) is 0.0769. The molecule has 2 aliphatic heterocycles. The SMILES string of the molecule is CC1=C(C(=O)Nc2ccccc2)[C@@H](c2cccs2)n2c(s/c(=C3\C(=O)Nc4ccc(Cl)cc43)c2=O)=N1. The van der Waals surface area contributed by atoms with Crippen molar-refractivity contribution in [3.05, 3.63) is 112 Å². The average Bonchev–Trinajstić information content (AvgIpc) is 3.57. The van der Waals surface area contributed by atoms with Gasteiger partial charge in [0.1, 0.15) is 10.6 Å². The smallest absolute Gasteiger partial charge is 0.272 e. The molecule has 2 amide bonds. The predicted octanol–water partition coefficient (Wildman–Crippen LogP) is 3.91. The molecular formula is C26H17ClN4O3S2. The van der Waals surface area contributed by atoms with E-state index in [1.54, 1.807) is 37.3 Å². The molecule has 0 unspecified atom stereocenters. The van der Waals surface area contributed by atoms with Crippen LogP contribution in [0.25, 0.3) is 5.57 Å². The van der Waals surface area contributed by atoms with Gasteiger partial charge in [-0.05, 0) is 48.7 Å². The highest BCUT2D eigenvalue weighted by atomic mass is 35.5. The Morgan fingerprint density at radius 1 is 1.11 bits per heavy atom. The lowest BCUT2D eigenvalue weighted by Crippen LogP contribution is -2.41. The highest BCUT2D eigenvalue weighted by molar-refractivity contribution is 7.10. The standard InChI is InChI=1S/C26H17ClN4O3S2/c1-13-19(23(32)29-15-6-3-2-4-7-15)21(18-8-5-11-35-18)31-25(34)22(36-26(31)28-13)20-16-12-14(27)9-10-17(16)30-24(20)33/h2-12,21H,1H3,(H,29,32)(H,30,33)/b22-20-/t21-/m1/s1. The van der Waals surface area contributed by atoms with Gasteiger partial charge in [0.15, 0.2) is 4.80 Å². The van der Waals surface area contributed by atoms with Crippen molar-refractivity contribution in [3.63, 3.8) is 0 Å². The molecule has 1 atom stereocenters. The molecule has 4 heterocycles. The second-order valence-electron chi connectivity index (χ2n) is 8.26. The van der Waals surface area contributed by atoms with E-state index in [9.17, 15) is 14.4 Å². The highest BCUT2D eigenvalue weighted by Gasteiger charge is 2.35. The third-order valence-corrected chi connectivity index (χ3v) is 8.25. The lowest BCUT2D eigenvalue weighted by Gasteiger charge is -2.24.